The molecule has 1 fully saturated rings. The second kappa shape index (κ2) is 8.33. The van der Waals surface area contributed by atoms with Crippen LogP contribution in [-0.4, -0.2) is 42.4 Å². The number of nitrogens with one attached hydrogen (secondary N) is 2. The van der Waals surface area contributed by atoms with Gasteiger partial charge in [-0.3, -0.25) is 9.59 Å². The minimum absolute atomic E-state index is 0.193. The van der Waals surface area contributed by atoms with Crippen molar-refractivity contribution in [3.8, 4) is 0 Å². The molecule has 0 spiro atoms. The van der Waals surface area contributed by atoms with Crippen molar-refractivity contribution in [2.24, 2.45) is 0 Å². The molecule has 5 nitrogen and oxygen atoms in total. The van der Waals surface area contributed by atoms with E-state index in [4.69, 9.17) is 0 Å². The molecule has 1 atom stereocenters. The Morgan fingerprint density at radius 3 is 2.60 bits per heavy atom. The first-order chi connectivity index (χ1) is 11.8. The molecule has 8 heteroatoms. The van der Waals surface area contributed by atoms with Gasteiger partial charge in [0.25, 0.3) is 0 Å². The van der Waals surface area contributed by atoms with Crippen LogP contribution in [0.3, 0.4) is 0 Å². The van der Waals surface area contributed by atoms with Crippen LogP contribution in [0, 0.1) is 0 Å². The second-order valence-corrected chi connectivity index (χ2v) is 5.95. The predicted molar refractivity (Wildman–Crippen MR) is 88.0 cm³/mol. The van der Waals surface area contributed by atoms with Gasteiger partial charge in [-0.25, -0.2) is 0 Å². The van der Waals surface area contributed by atoms with Crippen LogP contribution >= 0.6 is 0 Å². The molecule has 1 aromatic rings. The van der Waals surface area contributed by atoms with Gasteiger partial charge in [0.15, 0.2) is 0 Å². The van der Waals surface area contributed by atoms with E-state index in [1.807, 2.05) is 0 Å². The molecule has 0 unspecified atom stereocenters. The highest BCUT2D eigenvalue weighted by Crippen LogP contribution is 2.34. The summed E-state index contributed by atoms with van der Waals surface area (Å²) in [5, 5.41) is 5.38. The summed E-state index contributed by atoms with van der Waals surface area (Å²) in [7, 11) is 0. The van der Waals surface area contributed by atoms with E-state index in [0.29, 0.717) is 13.0 Å². The number of nitrogens with zero attached hydrogens (tertiary/aromatic N) is 1. The maximum Gasteiger partial charge on any atom is 0.418 e. The monoisotopic (exact) mass is 357 g/mol. The summed E-state index contributed by atoms with van der Waals surface area (Å²) in [6.45, 7) is 2.52. The van der Waals surface area contributed by atoms with Crippen molar-refractivity contribution < 1.29 is 22.8 Å². The van der Waals surface area contributed by atoms with Crippen LogP contribution in [0.15, 0.2) is 24.3 Å². The number of carbonyl (C=O) groups excluding carboxylic acids is 2. The van der Waals surface area contributed by atoms with Crippen molar-refractivity contribution in [2.75, 3.05) is 25.0 Å². The maximum atomic E-state index is 13.0. The average molecular weight is 357 g/mol. The third-order valence-corrected chi connectivity index (χ3v) is 4.14. The Hall–Kier alpha value is -2.09. The molecular weight excluding hydrogens is 335 g/mol. The molecule has 0 aliphatic carbocycles. The highest BCUT2D eigenvalue weighted by molar-refractivity contribution is 5.95. The molecule has 1 heterocycles. The number of hydrogen-bond donors (Lipinski definition) is 2. The van der Waals surface area contributed by atoms with Gasteiger partial charge in [-0.1, -0.05) is 18.6 Å². The van der Waals surface area contributed by atoms with Gasteiger partial charge in [0.05, 0.1) is 23.8 Å². The number of piperidine rings is 1. The number of rotatable bonds is 5. The van der Waals surface area contributed by atoms with Crippen LogP contribution in [0.2, 0.25) is 0 Å². The van der Waals surface area contributed by atoms with E-state index in [2.05, 4.69) is 10.6 Å². The van der Waals surface area contributed by atoms with Gasteiger partial charge in [-0.15, -0.1) is 0 Å². The smallest absolute Gasteiger partial charge is 0.332 e. The van der Waals surface area contributed by atoms with Crippen molar-refractivity contribution in [2.45, 2.75) is 38.4 Å². The Kier molecular flexibility index (Phi) is 6.41. The van der Waals surface area contributed by atoms with E-state index in [1.54, 1.807) is 6.92 Å². The highest BCUT2D eigenvalue weighted by atomic mass is 19.4. The van der Waals surface area contributed by atoms with Crippen LogP contribution < -0.4 is 10.6 Å². The van der Waals surface area contributed by atoms with Crippen LogP contribution in [0.1, 0.15) is 31.7 Å². The number of benzene rings is 1. The number of halogens is 3. The van der Waals surface area contributed by atoms with Gasteiger partial charge in [-0.2, -0.15) is 13.2 Å². The number of carbonyl (C=O) groups is 2. The molecule has 25 heavy (non-hydrogen) atoms. The first-order valence-electron chi connectivity index (χ1n) is 8.31. The topological polar surface area (TPSA) is 61.4 Å². The Labute approximate surface area is 144 Å². The van der Waals surface area contributed by atoms with Crippen molar-refractivity contribution in [3.05, 3.63) is 29.8 Å². The Morgan fingerprint density at radius 2 is 2.00 bits per heavy atom. The lowest BCUT2D eigenvalue weighted by atomic mass is 10.0. The first kappa shape index (κ1) is 19.2. The van der Waals surface area contributed by atoms with E-state index >= 15 is 0 Å². The summed E-state index contributed by atoms with van der Waals surface area (Å²) >= 11 is 0. The van der Waals surface area contributed by atoms with Crippen molar-refractivity contribution in [1.82, 2.24) is 10.2 Å². The third kappa shape index (κ3) is 5.19. The summed E-state index contributed by atoms with van der Waals surface area (Å²) in [5.74, 6) is -0.843. The summed E-state index contributed by atoms with van der Waals surface area (Å²) in [6.07, 6.45) is -1.92. The minimum atomic E-state index is -4.56. The van der Waals surface area contributed by atoms with Gasteiger partial charge < -0.3 is 15.5 Å². The number of hydrogen-bond acceptors (Lipinski definition) is 3. The van der Waals surface area contributed by atoms with Crippen molar-refractivity contribution in [3.63, 3.8) is 0 Å². The Balaban J connectivity index is 2.02. The fraction of sp³-hybridized carbons (Fsp3) is 0.529. The maximum absolute atomic E-state index is 13.0. The lowest BCUT2D eigenvalue weighted by Crippen LogP contribution is -2.50. The number of alkyl halides is 3. The number of anilines is 1. The van der Waals surface area contributed by atoms with Crippen molar-refractivity contribution in [1.29, 1.82) is 0 Å². The van der Waals surface area contributed by atoms with Crippen LogP contribution in [0.5, 0.6) is 0 Å². The van der Waals surface area contributed by atoms with Gasteiger partial charge in [0, 0.05) is 6.54 Å². The molecule has 0 saturated carbocycles. The molecule has 1 aliphatic rings. The van der Waals surface area contributed by atoms with Gasteiger partial charge in [0.2, 0.25) is 11.8 Å². The molecule has 0 bridgehead atoms. The zero-order valence-electron chi connectivity index (χ0n) is 14.0. The Morgan fingerprint density at radius 1 is 1.28 bits per heavy atom. The zero-order chi connectivity index (χ0) is 18.4. The van der Waals surface area contributed by atoms with Gasteiger partial charge in [0.1, 0.15) is 0 Å². The third-order valence-electron chi connectivity index (χ3n) is 4.14. The molecular formula is C17H22F3N3O2. The van der Waals surface area contributed by atoms with E-state index < -0.39 is 17.6 Å². The fourth-order valence-electron chi connectivity index (χ4n) is 2.83. The van der Waals surface area contributed by atoms with Crippen LogP contribution in [0.25, 0.3) is 0 Å². The molecule has 1 saturated heterocycles. The average Bonchev–Trinajstić information content (AvgIpc) is 2.59. The van der Waals surface area contributed by atoms with Crippen LogP contribution in [0.4, 0.5) is 18.9 Å². The summed E-state index contributed by atoms with van der Waals surface area (Å²) in [5.41, 5.74) is -1.22. The quantitative estimate of drug-likeness (QED) is 0.852. The fourth-order valence-corrected chi connectivity index (χ4v) is 2.83. The molecule has 0 aromatic heterocycles. The van der Waals surface area contributed by atoms with E-state index in [9.17, 15) is 22.8 Å². The first-order valence-corrected chi connectivity index (χ1v) is 8.31. The molecule has 1 aromatic carbocycles. The summed E-state index contributed by atoms with van der Waals surface area (Å²) < 4.78 is 38.9. The summed E-state index contributed by atoms with van der Waals surface area (Å²) in [6, 6.07) is 4.45. The van der Waals surface area contributed by atoms with E-state index in [1.165, 1.54) is 23.1 Å². The standard InChI is InChI=1S/C17H22F3N3O2/c1-2-23(16(25)14-9-5-6-10-21-14)11-15(24)22-13-8-4-3-7-12(13)17(18,19)20/h3-4,7-8,14,21H,2,5-6,9-11H2,1H3,(H,22,24)/t14-/m0/s1. The predicted octanol–water partition coefficient (Wildman–Crippen LogP) is 2.63. The van der Waals surface area contributed by atoms with Crippen molar-refractivity contribution >= 4 is 17.5 Å². The molecule has 2 N–H and O–H groups in total. The van der Waals surface area contributed by atoms with Crippen LogP contribution in [-0.2, 0) is 15.8 Å². The van der Waals surface area contributed by atoms with E-state index in [0.717, 1.165) is 25.5 Å². The Bertz CT molecular complexity index is 613. The number of para-hydroxylation sites is 1. The molecule has 2 amide bonds. The zero-order valence-corrected chi connectivity index (χ0v) is 14.0. The highest BCUT2D eigenvalue weighted by Gasteiger charge is 2.34. The minimum Gasteiger partial charge on any atom is -0.332 e. The number of likely N-dealkylation sites (N-methyl/N-ethyl adjacent to an activating group) is 1. The normalized spacial score (nSPS) is 17.8. The second-order valence-electron chi connectivity index (χ2n) is 5.95. The SMILES string of the molecule is CCN(CC(=O)Nc1ccccc1C(F)(F)F)C(=O)[C@@H]1CCCCN1. The number of amides is 2. The molecule has 1 aliphatic heterocycles. The van der Waals surface area contributed by atoms with Gasteiger partial charge >= 0.3 is 6.18 Å². The summed E-state index contributed by atoms with van der Waals surface area (Å²) in [4.78, 5) is 26.0. The van der Waals surface area contributed by atoms with Gasteiger partial charge in [-0.05, 0) is 38.4 Å². The lowest BCUT2D eigenvalue weighted by molar-refractivity contribution is -0.138. The molecule has 2 rings (SSSR count). The lowest BCUT2D eigenvalue weighted by Gasteiger charge is -2.29. The van der Waals surface area contributed by atoms with E-state index in [-0.39, 0.29) is 24.2 Å². The molecule has 0 radical (unpaired) electrons. The molecule has 138 valence electrons. The largest absolute Gasteiger partial charge is 0.418 e.